The Kier molecular flexibility index (Phi) is 5.04. The lowest BCUT2D eigenvalue weighted by Crippen LogP contribution is -2.15. The highest BCUT2D eigenvalue weighted by molar-refractivity contribution is 7.12. The van der Waals surface area contributed by atoms with Gasteiger partial charge in [0.1, 0.15) is 0 Å². The fraction of sp³-hybridized carbons (Fsp3) is 0.500. The molecular weight excluding hydrogens is 276 g/mol. The van der Waals surface area contributed by atoms with E-state index in [-0.39, 0.29) is 0 Å². The Balaban J connectivity index is 1.87. The number of hydrogen-bond acceptors (Lipinski definition) is 3. The molecule has 1 fully saturated rings. The number of rotatable bonds is 6. The summed E-state index contributed by atoms with van der Waals surface area (Å²) < 4.78 is 0. The summed E-state index contributed by atoms with van der Waals surface area (Å²) in [5, 5.41) is 4.81. The Labute approximate surface area is 131 Å². The lowest BCUT2D eigenvalue weighted by Gasteiger charge is -2.03. The highest BCUT2D eigenvalue weighted by Crippen LogP contribution is 2.39. The van der Waals surface area contributed by atoms with Gasteiger partial charge in [0.25, 0.3) is 0 Å². The first kappa shape index (κ1) is 14.7. The molecule has 0 atom stereocenters. The summed E-state index contributed by atoms with van der Waals surface area (Å²) in [5.41, 5.74) is 2.49. The number of likely N-dealkylation sites (N-methyl/N-ethyl adjacent to an activating group) is 1. The molecule has 0 bridgehead atoms. The summed E-state index contributed by atoms with van der Waals surface area (Å²) in [6.07, 6.45) is 6.49. The number of hydrogen-bond donors (Lipinski definition) is 1. The average Bonchev–Trinajstić information content (AvgIpc) is 3.18. The lowest BCUT2D eigenvalue weighted by atomic mass is 10.1. The molecule has 1 saturated carbocycles. The largest absolute Gasteiger partial charge is 0.317 e. The summed E-state index contributed by atoms with van der Waals surface area (Å²) in [6.45, 7) is 4.24. The second-order valence-electron chi connectivity index (χ2n) is 5.77. The minimum Gasteiger partial charge on any atom is -0.317 e. The fourth-order valence-corrected chi connectivity index (χ4v) is 4.34. The van der Waals surface area contributed by atoms with E-state index in [1.54, 1.807) is 0 Å². The predicted octanol–water partition coefficient (Wildman–Crippen LogP) is 4.62. The van der Waals surface area contributed by atoms with E-state index in [9.17, 15) is 0 Å². The Bertz CT molecular complexity index is 556. The molecule has 0 radical (unpaired) electrons. The van der Waals surface area contributed by atoms with Gasteiger partial charge in [0.2, 0.25) is 0 Å². The Hall–Kier alpha value is -1.19. The zero-order valence-electron chi connectivity index (χ0n) is 12.8. The molecule has 1 aromatic heterocycles. The molecule has 1 N–H and O–H groups in total. The van der Waals surface area contributed by atoms with E-state index in [0.29, 0.717) is 5.92 Å². The van der Waals surface area contributed by atoms with Crippen LogP contribution in [0.1, 0.15) is 48.4 Å². The first-order chi connectivity index (χ1) is 10.4. The van der Waals surface area contributed by atoms with Crippen molar-refractivity contribution in [3.8, 4) is 11.3 Å². The summed E-state index contributed by atoms with van der Waals surface area (Å²) in [4.78, 5) is 6.48. The molecule has 2 nitrogen and oxygen atoms in total. The molecule has 21 heavy (non-hydrogen) atoms. The van der Waals surface area contributed by atoms with Crippen LogP contribution in [0.5, 0.6) is 0 Å². The van der Waals surface area contributed by atoms with E-state index in [1.165, 1.54) is 46.8 Å². The zero-order chi connectivity index (χ0) is 14.5. The highest BCUT2D eigenvalue weighted by Gasteiger charge is 2.22. The van der Waals surface area contributed by atoms with Gasteiger partial charge in [0.05, 0.1) is 10.7 Å². The van der Waals surface area contributed by atoms with Crippen LogP contribution in [0.4, 0.5) is 0 Å². The van der Waals surface area contributed by atoms with E-state index in [1.807, 2.05) is 11.3 Å². The van der Waals surface area contributed by atoms with Gasteiger partial charge in [-0.1, -0.05) is 50.1 Å². The van der Waals surface area contributed by atoms with Crippen molar-refractivity contribution in [1.29, 1.82) is 0 Å². The highest BCUT2D eigenvalue weighted by atomic mass is 32.1. The molecule has 0 amide bonds. The smallest absolute Gasteiger partial charge is 0.0966 e. The minimum atomic E-state index is 0.713. The molecule has 1 heterocycles. The van der Waals surface area contributed by atoms with Gasteiger partial charge in [-0.15, -0.1) is 11.3 Å². The van der Waals surface area contributed by atoms with Crippen LogP contribution in [-0.4, -0.2) is 18.1 Å². The maximum atomic E-state index is 5.03. The summed E-state index contributed by atoms with van der Waals surface area (Å²) in [7, 11) is 0. The van der Waals surface area contributed by atoms with E-state index >= 15 is 0 Å². The summed E-state index contributed by atoms with van der Waals surface area (Å²) >= 11 is 1.95. The van der Waals surface area contributed by atoms with Crippen LogP contribution < -0.4 is 5.32 Å². The maximum absolute atomic E-state index is 5.03. The Morgan fingerprint density at radius 2 is 1.95 bits per heavy atom. The molecule has 1 aromatic carbocycles. The van der Waals surface area contributed by atoms with Crippen molar-refractivity contribution in [1.82, 2.24) is 10.3 Å². The second-order valence-corrected chi connectivity index (χ2v) is 6.89. The molecule has 1 aliphatic carbocycles. The van der Waals surface area contributed by atoms with Crippen LogP contribution >= 0.6 is 11.3 Å². The van der Waals surface area contributed by atoms with Crippen LogP contribution in [0.3, 0.4) is 0 Å². The van der Waals surface area contributed by atoms with Crippen LogP contribution in [0, 0.1) is 0 Å². The van der Waals surface area contributed by atoms with Gasteiger partial charge in [0, 0.05) is 22.9 Å². The van der Waals surface area contributed by atoms with Crippen molar-refractivity contribution < 1.29 is 0 Å². The molecule has 0 spiro atoms. The predicted molar refractivity (Wildman–Crippen MR) is 91.0 cm³/mol. The fourth-order valence-electron chi connectivity index (χ4n) is 3.09. The quantitative estimate of drug-likeness (QED) is 0.787. The van der Waals surface area contributed by atoms with Crippen molar-refractivity contribution in [3.63, 3.8) is 0 Å². The van der Waals surface area contributed by atoms with Crippen molar-refractivity contribution in [2.75, 3.05) is 13.1 Å². The van der Waals surface area contributed by atoms with Gasteiger partial charge in [-0.2, -0.15) is 0 Å². The molecule has 0 saturated heterocycles. The molecule has 112 valence electrons. The van der Waals surface area contributed by atoms with Gasteiger partial charge in [-0.25, -0.2) is 4.98 Å². The van der Waals surface area contributed by atoms with E-state index in [4.69, 9.17) is 4.98 Å². The van der Waals surface area contributed by atoms with Crippen LogP contribution in [0.15, 0.2) is 30.3 Å². The number of benzene rings is 1. The molecule has 3 heteroatoms. The van der Waals surface area contributed by atoms with Crippen molar-refractivity contribution in [2.24, 2.45) is 0 Å². The zero-order valence-corrected chi connectivity index (χ0v) is 13.6. The summed E-state index contributed by atoms with van der Waals surface area (Å²) in [5.74, 6) is 0.713. The first-order valence-corrected chi connectivity index (χ1v) is 8.96. The van der Waals surface area contributed by atoms with Gasteiger partial charge in [-0.3, -0.25) is 0 Å². The molecule has 2 aromatic rings. The maximum Gasteiger partial charge on any atom is 0.0966 e. The third kappa shape index (κ3) is 3.53. The van der Waals surface area contributed by atoms with E-state index in [2.05, 4.69) is 42.6 Å². The van der Waals surface area contributed by atoms with Crippen LogP contribution in [-0.2, 0) is 6.42 Å². The molecule has 0 unspecified atom stereocenters. The average molecular weight is 300 g/mol. The van der Waals surface area contributed by atoms with Crippen LogP contribution in [0.25, 0.3) is 11.3 Å². The normalized spacial score (nSPS) is 15.7. The standard InChI is InChI=1S/C18H24N2S/c1-2-19-13-12-16-17(14-8-4-3-5-9-14)20-18(21-16)15-10-6-7-11-15/h3-5,8-9,15,19H,2,6-7,10-13H2,1H3. The summed E-state index contributed by atoms with van der Waals surface area (Å²) in [6, 6.07) is 10.7. The topological polar surface area (TPSA) is 24.9 Å². The number of nitrogens with zero attached hydrogens (tertiary/aromatic N) is 1. The number of aromatic nitrogens is 1. The van der Waals surface area contributed by atoms with Crippen molar-refractivity contribution >= 4 is 11.3 Å². The van der Waals surface area contributed by atoms with E-state index in [0.717, 1.165) is 19.5 Å². The van der Waals surface area contributed by atoms with Crippen molar-refractivity contribution in [3.05, 3.63) is 40.2 Å². The SMILES string of the molecule is CCNCCc1sc(C2CCCC2)nc1-c1ccccc1. The molecule has 1 aliphatic rings. The van der Waals surface area contributed by atoms with Gasteiger partial charge in [0.15, 0.2) is 0 Å². The van der Waals surface area contributed by atoms with Gasteiger partial charge < -0.3 is 5.32 Å². The van der Waals surface area contributed by atoms with Crippen LogP contribution in [0.2, 0.25) is 0 Å². The molecule has 0 aliphatic heterocycles. The minimum absolute atomic E-state index is 0.713. The van der Waals surface area contributed by atoms with Crippen molar-refractivity contribution in [2.45, 2.75) is 44.9 Å². The molecule has 3 rings (SSSR count). The van der Waals surface area contributed by atoms with Gasteiger partial charge >= 0.3 is 0 Å². The Morgan fingerprint density at radius 1 is 1.19 bits per heavy atom. The monoisotopic (exact) mass is 300 g/mol. The Morgan fingerprint density at radius 3 is 2.67 bits per heavy atom. The second kappa shape index (κ2) is 7.19. The third-order valence-electron chi connectivity index (χ3n) is 4.24. The van der Waals surface area contributed by atoms with E-state index < -0.39 is 0 Å². The number of thiazole rings is 1. The third-order valence-corrected chi connectivity index (χ3v) is 5.52. The molecular formula is C18H24N2S. The van der Waals surface area contributed by atoms with Gasteiger partial charge in [-0.05, 0) is 25.8 Å². The lowest BCUT2D eigenvalue weighted by molar-refractivity contribution is 0.716. The first-order valence-electron chi connectivity index (χ1n) is 8.14. The number of nitrogens with one attached hydrogen (secondary N) is 1.